The molecule has 21 heavy (non-hydrogen) atoms. The van der Waals surface area contributed by atoms with E-state index in [-0.39, 0.29) is 24.5 Å². The number of aliphatic hydroxyl groups excluding tert-OH is 1. The number of aliphatic imine (C=N–C) groups is 1. The first-order valence-electron chi connectivity index (χ1n) is 6.08. The maximum atomic E-state index is 13.1. The van der Waals surface area contributed by atoms with Crippen molar-refractivity contribution in [3.05, 3.63) is 42.0 Å². The fourth-order valence-corrected chi connectivity index (χ4v) is 1.75. The number of halogens is 3. The summed E-state index contributed by atoms with van der Waals surface area (Å²) in [5.41, 5.74) is -0.885. The number of nitrogens with zero attached hydrogens (tertiary/aromatic N) is 2. The summed E-state index contributed by atoms with van der Waals surface area (Å²) in [4.78, 5) is 4.58. The Labute approximate surface area is 121 Å². The second kappa shape index (κ2) is 7.24. The van der Waals surface area contributed by atoms with Crippen molar-refractivity contribution in [1.29, 1.82) is 0 Å². The van der Waals surface area contributed by atoms with E-state index in [1.54, 1.807) is 0 Å². The number of hydrogen-bond donors (Lipinski definition) is 1. The molecule has 1 aromatic carbocycles. The van der Waals surface area contributed by atoms with Gasteiger partial charge in [0.25, 0.3) is 0 Å². The Hall–Kier alpha value is -1.86. The number of benzene rings is 1. The first-order chi connectivity index (χ1) is 9.81. The predicted octanol–water partition coefficient (Wildman–Crippen LogP) is 2.68. The molecule has 4 nitrogen and oxygen atoms in total. The molecular weight excluding hydrogens is 285 g/mol. The second-order valence-electron chi connectivity index (χ2n) is 4.32. The smallest absolute Gasteiger partial charge is 0.416 e. The molecule has 0 amide bonds. The minimum absolute atomic E-state index is 0.0722. The van der Waals surface area contributed by atoms with Crippen LogP contribution in [0.4, 0.5) is 13.2 Å². The van der Waals surface area contributed by atoms with E-state index in [1.165, 1.54) is 30.2 Å². The lowest BCUT2D eigenvalue weighted by molar-refractivity contribution is -0.138. The van der Waals surface area contributed by atoms with Gasteiger partial charge < -0.3 is 9.84 Å². The highest BCUT2D eigenvalue weighted by Gasteiger charge is 2.35. The molecule has 0 bridgehead atoms. The van der Waals surface area contributed by atoms with Crippen LogP contribution >= 0.6 is 0 Å². The molecule has 0 saturated carbocycles. The maximum Gasteiger partial charge on any atom is 0.416 e. The molecule has 0 saturated heterocycles. The van der Waals surface area contributed by atoms with Crippen molar-refractivity contribution in [3.8, 4) is 5.75 Å². The first-order valence-corrected chi connectivity index (χ1v) is 6.08. The molecule has 1 rings (SSSR count). The Bertz CT molecular complexity index is 503. The van der Waals surface area contributed by atoms with Gasteiger partial charge in [-0.15, -0.1) is 0 Å². The monoisotopic (exact) mass is 302 g/mol. The Balaban J connectivity index is 3.21. The minimum atomic E-state index is -4.52. The molecule has 0 spiro atoms. The number of hydrogen-bond acceptors (Lipinski definition) is 4. The van der Waals surface area contributed by atoms with Crippen LogP contribution in [0.25, 0.3) is 0 Å². The second-order valence-corrected chi connectivity index (χ2v) is 4.32. The number of ether oxygens (including phenoxy) is 1. The van der Waals surface area contributed by atoms with Crippen molar-refractivity contribution >= 4 is 6.72 Å². The molecule has 116 valence electrons. The average Bonchev–Trinajstić information content (AvgIpc) is 2.43. The van der Waals surface area contributed by atoms with Crippen LogP contribution in [0.15, 0.2) is 35.8 Å². The van der Waals surface area contributed by atoms with Gasteiger partial charge in [0.05, 0.1) is 5.56 Å². The third-order valence-corrected chi connectivity index (χ3v) is 2.76. The molecule has 0 aromatic heterocycles. The van der Waals surface area contributed by atoms with Crippen molar-refractivity contribution in [2.45, 2.75) is 19.1 Å². The van der Waals surface area contributed by atoms with E-state index in [4.69, 9.17) is 4.74 Å². The van der Waals surface area contributed by atoms with Crippen LogP contribution in [0.5, 0.6) is 5.75 Å². The Morgan fingerprint density at radius 3 is 2.67 bits per heavy atom. The quantitative estimate of drug-likeness (QED) is 0.478. The van der Waals surface area contributed by atoms with Gasteiger partial charge in [0, 0.05) is 12.1 Å². The van der Waals surface area contributed by atoms with Crippen molar-refractivity contribution in [1.82, 2.24) is 4.90 Å². The minimum Gasteiger partial charge on any atom is -0.489 e. The van der Waals surface area contributed by atoms with E-state index in [2.05, 4.69) is 18.3 Å². The highest BCUT2D eigenvalue weighted by atomic mass is 19.4. The molecule has 7 heteroatoms. The lowest BCUT2D eigenvalue weighted by Gasteiger charge is -2.23. The van der Waals surface area contributed by atoms with Crippen LogP contribution in [0, 0.1) is 0 Å². The molecule has 1 unspecified atom stereocenters. The van der Waals surface area contributed by atoms with E-state index in [0.29, 0.717) is 0 Å². The third kappa shape index (κ3) is 4.57. The predicted molar refractivity (Wildman–Crippen MR) is 74.2 cm³/mol. The molecule has 1 atom stereocenters. The topological polar surface area (TPSA) is 45.1 Å². The van der Waals surface area contributed by atoms with Gasteiger partial charge in [0.1, 0.15) is 12.4 Å². The normalized spacial score (nSPS) is 13.0. The lowest BCUT2D eigenvalue weighted by Crippen LogP contribution is -2.30. The molecule has 0 aliphatic rings. The summed E-state index contributed by atoms with van der Waals surface area (Å²) in [5, 5.41) is 9.51. The zero-order valence-electron chi connectivity index (χ0n) is 11.6. The Kier molecular flexibility index (Phi) is 5.92. The van der Waals surface area contributed by atoms with Crippen LogP contribution < -0.4 is 4.74 Å². The van der Waals surface area contributed by atoms with Gasteiger partial charge in [-0.2, -0.15) is 13.2 Å². The van der Waals surface area contributed by atoms with Crippen LogP contribution in [0.1, 0.15) is 11.1 Å². The van der Waals surface area contributed by atoms with E-state index in [9.17, 15) is 18.3 Å². The van der Waals surface area contributed by atoms with Gasteiger partial charge in [-0.25, -0.2) is 0 Å². The summed E-state index contributed by atoms with van der Waals surface area (Å²) in [6.45, 7) is 6.51. The number of alkyl halides is 3. The van der Waals surface area contributed by atoms with Gasteiger partial charge in [0.15, 0.2) is 0 Å². The highest BCUT2D eigenvalue weighted by molar-refractivity contribution is 5.42. The number of rotatable bonds is 7. The standard InChI is InChI=1S/C14H17F3N2O2/c1-4-8-21-12-7-5-6-11(14(15,16)17)10(12)9-19(3)13(20)18-2/h4-7,13,20H,1-2,8-9H2,3H3. The highest BCUT2D eigenvalue weighted by Crippen LogP contribution is 2.36. The van der Waals surface area contributed by atoms with E-state index >= 15 is 0 Å². The molecule has 1 aromatic rings. The van der Waals surface area contributed by atoms with Crippen LogP contribution in [0.3, 0.4) is 0 Å². The van der Waals surface area contributed by atoms with Crippen LogP contribution in [0.2, 0.25) is 0 Å². The first kappa shape index (κ1) is 17.2. The van der Waals surface area contributed by atoms with E-state index in [1.807, 2.05) is 0 Å². The molecular formula is C14H17F3N2O2. The van der Waals surface area contributed by atoms with Gasteiger partial charge >= 0.3 is 6.18 Å². The Morgan fingerprint density at radius 1 is 1.48 bits per heavy atom. The van der Waals surface area contributed by atoms with Gasteiger partial charge in [0.2, 0.25) is 6.35 Å². The molecule has 0 heterocycles. The zero-order chi connectivity index (χ0) is 16.0. The summed E-state index contributed by atoms with van der Waals surface area (Å²) in [7, 11) is 1.43. The van der Waals surface area contributed by atoms with Gasteiger partial charge in [-0.05, 0) is 25.9 Å². The van der Waals surface area contributed by atoms with Crippen molar-refractivity contribution in [2.75, 3.05) is 13.7 Å². The molecule has 0 fully saturated rings. The Morgan fingerprint density at radius 2 is 2.14 bits per heavy atom. The summed E-state index contributed by atoms with van der Waals surface area (Å²) in [6, 6.07) is 3.68. The fraction of sp³-hybridized carbons (Fsp3) is 0.357. The van der Waals surface area contributed by atoms with Gasteiger partial charge in [-0.1, -0.05) is 18.7 Å². The molecule has 1 N–H and O–H groups in total. The summed E-state index contributed by atoms with van der Waals surface area (Å²) >= 11 is 0. The van der Waals surface area contributed by atoms with Crippen LogP contribution in [-0.2, 0) is 12.7 Å². The summed E-state index contributed by atoms with van der Waals surface area (Å²) in [6.07, 6.45) is -4.37. The largest absolute Gasteiger partial charge is 0.489 e. The molecule has 0 radical (unpaired) electrons. The summed E-state index contributed by atoms with van der Waals surface area (Å²) < 4.78 is 44.5. The van der Waals surface area contributed by atoms with E-state index in [0.717, 1.165) is 6.07 Å². The molecule has 0 aliphatic carbocycles. The maximum absolute atomic E-state index is 13.1. The third-order valence-electron chi connectivity index (χ3n) is 2.76. The fourth-order valence-electron chi connectivity index (χ4n) is 1.75. The summed E-state index contributed by atoms with van der Waals surface area (Å²) in [5.74, 6) is 0.0906. The number of aliphatic hydroxyl groups is 1. The van der Waals surface area contributed by atoms with E-state index < -0.39 is 18.1 Å². The van der Waals surface area contributed by atoms with Crippen molar-refractivity contribution in [2.24, 2.45) is 4.99 Å². The van der Waals surface area contributed by atoms with Gasteiger partial charge in [-0.3, -0.25) is 9.89 Å². The van der Waals surface area contributed by atoms with Crippen molar-refractivity contribution in [3.63, 3.8) is 0 Å². The van der Waals surface area contributed by atoms with Crippen LogP contribution in [-0.4, -0.2) is 36.7 Å². The average molecular weight is 302 g/mol. The SMILES string of the molecule is C=CCOc1cccc(C(F)(F)F)c1CN(C)C(O)N=C. The zero-order valence-corrected chi connectivity index (χ0v) is 11.6. The lowest BCUT2D eigenvalue weighted by atomic mass is 10.1. The molecule has 0 aliphatic heterocycles. The van der Waals surface area contributed by atoms with Crippen molar-refractivity contribution < 1.29 is 23.0 Å².